The molecule has 1 rings (SSSR count). The van der Waals surface area contributed by atoms with Gasteiger partial charge in [0.15, 0.2) is 0 Å². The molecule has 2 heteroatoms. The summed E-state index contributed by atoms with van der Waals surface area (Å²) in [6.45, 7) is 3.77. The second kappa shape index (κ2) is 5.38. The van der Waals surface area contributed by atoms with Crippen molar-refractivity contribution in [2.75, 3.05) is 0 Å². The maximum absolute atomic E-state index is 12.8. The Morgan fingerprint density at radius 2 is 2.08 bits per heavy atom. The predicted molar refractivity (Wildman–Crippen MR) is 57.0 cm³/mol. The van der Waals surface area contributed by atoms with Crippen LogP contribution in [-0.2, 0) is 6.42 Å². The van der Waals surface area contributed by atoms with E-state index >= 15 is 0 Å². The number of unbranched alkanes of at least 4 members (excludes halogenated alkanes) is 2. The first-order chi connectivity index (χ1) is 6.24. The molecular weight excluding hydrogens is 231 g/mol. The summed E-state index contributed by atoms with van der Waals surface area (Å²) in [5.41, 5.74) is 1.05. The third-order valence-electron chi connectivity index (χ3n) is 1.95. The Kier molecular flexibility index (Phi) is 4.43. The van der Waals surface area contributed by atoms with Gasteiger partial charge >= 0.3 is 0 Å². The minimum absolute atomic E-state index is 0.159. The highest BCUT2D eigenvalue weighted by atomic mass is 79.9. The van der Waals surface area contributed by atoms with Gasteiger partial charge in [-0.15, -0.1) is 0 Å². The summed E-state index contributed by atoms with van der Waals surface area (Å²) < 4.78 is 13.8. The first kappa shape index (κ1) is 10.7. The van der Waals surface area contributed by atoms with E-state index in [2.05, 4.69) is 22.9 Å². The number of rotatable bonds is 4. The van der Waals surface area contributed by atoms with Gasteiger partial charge in [-0.25, -0.2) is 4.39 Å². The standard InChI is InChI=1S/C11H13BrF/c1-2-3-4-5-9-8-10(13)6-7-11(9)12/h6-8H,1-5H2. The summed E-state index contributed by atoms with van der Waals surface area (Å²) in [6, 6.07) is 4.82. The molecule has 0 nitrogen and oxygen atoms in total. The zero-order valence-corrected chi connectivity index (χ0v) is 9.11. The lowest BCUT2D eigenvalue weighted by Gasteiger charge is -2.03. The van der Waals surface area contributed by atoms with Gasteiger partial charge in [-0.05, 0) is 36.6 Å². The highest BCUT2D eigenvalue weighted by Crippen LogP contribution is 2.19. The first-order valence-electron chi connectivity index (χ1n) is 4.47. The van der Waals surface area contributed by atoms with Crippen LogP contribution in [-0.4, -0.2) is 0 Å². The molecule has 13 heavy (non-hydrogen) atoms. The molecule has 0 N–H and O–H groups in total. The molecule has 0 amide bonds. The van der Waals surface area contributed by atoms with E-state index in [0.29, 0.717) is 0 Å². The largest absolute Gasteiger partial charge is 0.207 e. The Labute approximate surface area is 87.3 Å². The third kappa shape index (κ3) is 3.47. The fraction of sp³-hybridized carbons (Fsp3) is 0.364. The van der Waals surface area contributed by atoms with E-state index < -0.39 is 0 Å². The smallest absolute Gasteiger partial charge is 0.123 e. The molecule has 1 aromatic carbocycles. The fourth-order valence-electron chi connectivity index (χ4n) is 1.23. The molecule has 0 heterocycles. The van der Waals surface area contributed by atoms with Gasteiger partial charge in [0, 0.05) is 4.47 Å². The Morgan fingerprint density at radius 1 is 1.31 bits per heavy atom. The molecule has 0 saturated heterocycles. The van der Waals surface area contributed by atoms with Crippen LogP contribution in [0.15, 0.2) is 22.7 Å². The van der Waals surface area contributed by atoms with E-state index in [1.165, 1.54) is 6.07 Å². The fourth-order valence-corrected chi connectivity index (χ4v) is 1.67. The average Bonchev–Trinajstić information content (AvgIpc) is 2.11. The van der Waals surface area contributed by atoms with Crippen molar-refractivity contribution >= 4 is 15.9 Å². The normalized spacial score (nSPS) is 10.4. The first-order valence-corrected chi connectivity index (χ1v) is 5.26. The van der Waals surface area contributed by atoms with Gasteiger partial charge in [-0.3, -0.25) is 0 Å². The van der Waals surface area contributed by atoms with Gasteiger partial charge < -0.3 is 0 Å². The molecule has 0 fully saturated rings. The topological polar surface area (TPSA) is 0 Å². The highest BCUT2D eigenvalue weighted by molar-refractivity contribution is 9.10. The number of halogens is 2. The van der Waals surface area contributed by atoms with Crippen molar-refractivity contribution in [3.63, 3.8) is 0 Å². The summed E-state index contributed by atoms with van der Waals surface area (Å²) >= 11 is 3.40. The molecule has 0 aliphatic rings. The maximum atomic E-state index is 12.8. The van der Waals surface area contributed by atoms with Crippen molar-refractivity contribution in [1.29, 1.82) is 0 Å². The van der Waals surface area contributed by atoms with E-state index in [4.69, 9.17) is 0 Å². The Morgan fingerprint density at radius 3 is 2.77 bits per heavy atom. The quantitative estimate of drug-likeness (QED) is 0.698. The van der Waals surface area contributed by atoms with E-state index in [9.17, 15) is 4.39 Å². The molecule has 71 valence electrons. The zero-order valence-electron chi connectivity index (χ0n) is 7.52. The number of aryl methyl sites for hydroxylation is 1. The van der Waals surface area contributed by atoms with E-state index in [-0.39, 0.29) is 5.82 Å². The molecule has 0 unspecified atom stereocenters. The van der Waals surface area contributed by atoms with E-state index in [1.807, 2.05) is 0 Å². The van der Waals surface area contributed by atoms with Crippen LogP contribution in [0.1, 0.15) is 24.8 Å². The van der Waals surface area contributed by atoms with Crippen molar-refractivity contribution < 1.29 is 4.39 Å². The molecule has 0 spiro atoms. The monoisotopic (exact) mass is 243 g/mol. The van der Waals surface area contributed by atoms with Gasteiger partial charge in [0.25, 0.3) is 0 Å². The van der Waals surface area contributed by atoms with Crippen LogP contribution in [0.2, 0.25) is 0 Å². The van der Waals surface area contributed by atoms with Gasteiger partial charge in [0.2, 0.25) is 0 Å². The summed E-state index contributed by atoms with van der Waals surface area (Å²) in [6.07, 6.45) is 4.05. The van der Waals surface area contributed by atoms with Crippen LogP contribution in [0.3, 0.4) is 0 Å². The van der Waals surface area contributed by atoms with Gasteiger partial charge in [0.05, 0.1) is 0 Å². The lowest BCUT2D eigenvalue weighted by Crippen LogP contribution is -1.88. The Hall–Kier alpha value is -0.370. The van der Waals surface area contributed by atoms with Crippen molar-refractivity contribution in [3.05, 3.63) is 41.0 Å². The summed E-state index contributed by atoms with van der Waals surface area (Å²) in [5, 5.41) is 0. The average molecular weight is 244 g/mol. The molecule has 1 radical (unpaired) electrons. The van der Waals surface area contributed by atoms with Crippen LogP contribution in [0.25, 0.3) is 0 Å². The maximum Gasteiger partial charge on any atom is 0.123 e. The lowest BCUT2D eigenvalue weighted by atomic mass is 10.1. The predicted octanol–water partition coefficient (Wildman–Crippen LogP) is 4.14. The van der Waals surface area contributed by atoms with Crippen LogP contribution in [0.4, 0.5) is 4.39 Å². The second-order valence-corrected chi connectivity index (χ2v) is 3.90. The molecule has 0 aliphatic heterocycles. The van der Waals surface area contributed by atoms with Gasteiger partial charge in [0.1, 0.15) is 5.82 Å². The van der Waals surface area contributed by atoms with Crippen molar-refractivity contribution in [3.8, 4) is 0 Å². The highest BCUT2D eigenvalue weighted by Gasteiger charge is 2.00. The Bertz CT molecular complexity index is 271. The molecule has 1 aromatic rings. The summed E-state index contributed by atoms with van der Waals surface area (Å²) in [4.78, 5) is 0. The van der Waals surface area contributed by atoms with Gasteiger partial charge in [-0.1, -0.05) is 35.7 Å². The summed E-state index contributed by atoms with van der Waals surface area (Å²) in [5.74, 6) is -0.159. The minimum atomic E-state index is -0.159. The summed E-state index contributed by atoms with van der Waals surface area (Å²) in [7, 11) is 0. The number of benzene rings is 1. The molecule has 0 atom stereocenters. The second-order valence-electron chi connectivity index (χ2n) is 3.05. The van der Waals surface area contributed by atoms with Crippen molar-refractivity contribution in [1.82, 2.24) is 0 Å². The number of hydrogen-bond acceptors (Lipinski definition) is 0. The lowest BCUT2D eigenvalue weighted by molar-refractivity contribution is 0.623. The molecular formula is C11H13BrF. The molecule has 0 aliphatic carbocycles. The SMILES string of the molecule is [CH2]CCCCc1cc(F)ccc1Br. The molecule has 0 bridgehead atoms. The molecule has 0 aromatic heterocycles. The van der Waals surface area contributed by atoms with Crippen LogP contribution < -0.4 is 0 Å². The van der Waals surface area contributed by atoms with Crippen LogP contribution in [0.5, 0.6) is 0 Å². The Balaban J connectivity index is 2.59. The molecule has 0 saturated carbocycles. The van der Waals surface area contributed by atoms with Crippen molar-refractivity contribution in [2.24, 2.45) is 0 Å². The zero-order chi connectivity index (χ0) is 9.68. The number of hydrogen-bond donors (Lipinski definition) is 0. The minimum Gasteiger partial charge on any atom is -0.207 e. The third-order valence-corrected chi connectivity index (χ3v) is 2.73. The van der Waals surface area contributed by atoms with E-state index in [1.54, 1.807) is 12.1 Å². The van der Waals surface area contributed by atoms with Gasteiger partial charge in [-0.2, -0.15) is 0 Å². The van der Waals surface area contributed by atoms with E-state index in [0.717, 1.165) is 35.7 Å². The van der Waals surface area contributed by atoms with Crippen LogP contribution in [0, 0.1) is 12.7 Å². The van der Waals surface area contributed by atoms with Crippen molar-refractivity contribution in [2.45, 2.75) is 25.7 Å². The van der Waals surface area contributed by atoms with Crippen LogP contribution >= 0.6 is 15.9 Å².